The van der Waals surface area contributed by atoms with Crippen molar-refractivity contribution in [2.24, 2.45) is 16.9 Å². The summed E-state index contributed by atoms with van der Waals surface area (Å²) >= 11 is 1.50. The number of anilines is 1. The number of benzene rings is 3. The molecule has 0 aliphatic heterocycles. The fourth-order valence-electron chi connectivity index (χ4n) is 7.62. The number of carbonyl (C=O) groups is 4. The largest absolute Gasteiger partial charge is 0.494 e. The van der Waals surface area contributed by atoms with Gasteiger partial charge in [0.25, 0.3) is 0 Å². The standard InChI is InChI=1S/C49H56N4O9S/c1-2-45(54)59-32-14-4-3-13-31-58-38-23-25-40(26-24-38)60-47(56)36-19-21-39(22-20-36)61-48(57)42-28-27-41(62-46(55)35-15-7-5-8-16-35)33-37(42)34-51-53(30-12-6-11-29-50)49-52-43-17-9-10-18-44(43)63-49/h2,9-10,17-18,23-28,33-36,39H,1,3-8,11-16,19-22,30-32H2/b51-34+/t36-,39-. The number of rotatable bonds is 22. The molecule has 2 aliphatic carbocycles. The van der Waals surface area contributed by atoms with Crippen molar-refractivity contribution in [1.29, 1.82) is 5.26 Å². The summed E-state index contributed by atoms with van der Waals surface area (Å²) in [5.74, 6) is -0.603. The zero-order valence-electron chi connectivity index (χ0n) is 35.8. The molecule has 6 rings (SSSR count). The van der Waals surface area contributed by atoms with Crippen LogP contribution in [0.3, 0.4) is 0 Å². The number of fused-ring (bicyclic) bond motifs is 1. The molecule has 0 unspecified atom stereocenters. The van der Waals surface area contributed by atoms with Gasteiger partial charge >= 0.3 is 23.9 Å². The van der Waals surface area contributed by atoms with E-state index in [-0.39, 0.29) is 29.3 Å². The summed E-state index contributed by atoms with van der Waals surface area (Å²) in [7, 11) is 0. The van der Waals surface area contributed by atoms with Gasteiger partial charge in [0.05, 0.1) is 53.1 Å². The highest BCUT2D eigenvalue weighted by molar-refractivity contribution is 7.22. The minimum absolute atomic E-state index is 0.155. The smallest absolute Gasteiger partial charge is 0.339 e. The van der Waals surface area contributed by atoms with Crippen molar-refractivity contribution >= 4 is 56.8 Å². The highest BCUT2D eigenvalue weighted by atomic mass is 32.1. The second kappa shape index (κ2) is 24.5. The molecule has 1 heterocycles. The van der Waals surface area contributed by atoms with Crippen LogP contribution in [0.1, 0.15) is 119 Å². The van der Waals surface area contributed by atoms with Crippen LogP contribution in [0, 0.1) is 23.2 Å². The predicted molar refractivity (Wildman–Crippen MR) is 241 cm³/mol. The van der Waals surface area contributed by atoms with E-state index in [1.165, 1.54) is 11.3 Å². The highest BCUT2D eigenvalue weighted by Gasteiger charge is 2.31. The van der Waals surface area contributed by atoms with Crippen molar-refractivity contribution in [1.82, 2.24) is 4.98 Å². The van der Waals surface area contributed by atoms with Crippen molar-refractivity contribution in [2.75, 3.05) is 24.8 Å². The number of hydrogen-bond acceptors (Lipinski definition) is 14. The Balaban J connectivity index is 1.04. The molecular weight excluding hydrogens is 821 g/mol. The summed E-state index contributed by atoms with van der Waals surface area (Å²) in [4.78, 5) is 56.0. The third-order valence-electron chi connectivity index (χ3n) is 11.2. The van der Waals surface area contributed by atoms with Crippen LogP contribution in [0.5, 0.6) is 17.2 Å². The van der Waals surface area contributed by atoms with Crippen molar-refractivity contribution in [3.63, 3.8) is 0 Å². The molecule has 2 fully saturated rings. The van der Waals surface area contributed by atoms with Crippen LogP contribution in [0.2, 0.25) is 0 Å². The molecule has 0 N–H and O–H groups in total. The summed E-state index contributed by atoms with van der Waals surface area (Å²) < 4.78 is 29.4. The predicted octanol–water partition coefficient (Wildman–Crippen LogP) is 10.3. The zero-order chi connectivity index (χ0) is 44.2. The van der Waals surface area contributed by atoms with Gasteiger partial charge in [-0.1, -0.05) is 49.3 Å². The molecule has 2 aliphatic rings. The minimum atomic E-state index is -0.540. The quantitative estimate of drug-likeness (QED) is 0.0183. The molecule has 0 bridgehead atoms. The molecule has 0 atom stereocenters. The number of para-hydroxylation sites is 1. The van der Waals surface area contributed by atoms with Crippen LogP contribution in [0.25, 0.3) is 10.2 Å². The Hall–Kier alpha value is -6.07. The summed E-state index contributed by atoms with van der Waals surface area (Å²) in [5, 5.41) is 16.4. The first-order valence-electron chi connectivity index (χ1n) is 22.1. The van der Waals surface area contributed by atoms with E-state index in [2.05, 4.69) is 12.6 Å². The second-order valence-corrected chi connectivity index (χ2v) is 16.9. The number of unbranched alkanes of at least 4 members (excludes halogenated alkanes) is 5. The van der Waals surface area contributed by atoms with Crippen LogP contribution in [0.4, 0.5) is 5.13 Å². The van der Waals surface area contributed by atoms with E-state index in [0.29, 0.717) is 92.6 Å². The lowest BCUT2D eigenvalue weighted by molar-refractivity contribution is -0.141. The van der Waals surface area contributed by atoms with Gasteiger partial charge in [-0.05, 0) is 132 Å². The summed E-state index contributed by atoms with van der Waals surface area (Å²) in [6.45, 7) is 4.81. The van der Waals surface area contributed by atoms with Gasteiger partial charge in [0.2, 0.25) is 5.13 Å². The van der Waals surface area contributed by atoms with E-state index in [1.807, 2.05) is 24.3 Å². The third kappa shape index (κ3) is 14.5. The van der Waals surface area contributed by atoms with Crippen LogP contribution in [-0.2, 0) is 23.9 Å². The highest BCUT2D eigenvalue weighted by Crippen LogP contribution is 2.32. The fourth-order valence-corrected chi connectivity index (χ4v) is 8.57. The van der Waals surface area contributed by atoms with E-state index in [0.717, 1.165) is 74.1 Å². The van der Waals surface area contributed by atoms with E-state index in [9.17, 15) is 19.2 Å². The van der Waals surface area contributed by atoms with Gasteiger partial charge in [-0.3, -0.25) is 9.59 Å². The average Bonchev–Trinajstić information content (AvgIpc) is 3.75. The van der Waals surface area contributed by atoms with E-state index < -0.39 is 18.0 Å². The Kier molecular flexibility index (Phi) is 18.1. The van der Waals surface area contributed by atoms with Crippen LogP contribution in [-0.4, -0.2) is 60.9 Å². The molecule has 0 spiro atoms. The van der Waals surface area contributed by atoms with E-state index in [1.54, 1.807) is 53.7 Å². The van der Waals surface area contributed by atoms with Crippen molar-refractivity contribution in [3.05, 3.63) is 90.5 Å². The number of thiazole rings is 1. The Morgan fingerprint density at radius 2 is 1.48 bits per heavy atom. The van der Waals surface area contributed by atoms with Gasteiger partial charge in [-0.25, -0.2) is 19.6 Å². The molecule has 332 valence electrons. The van der Waals surface area contributed by atoms with Gasteiger partial charge in [-0.15, -0.1) is 0 Å². The first kappa shape index (κ1) is 46.4. The normalized spacial score (nSPS) is 16.5. The number of ether oxygens (including phenoxy) is 5. The van der Waals surface area contributed by atoms with Crippen LogP contribution >= 0.6 is 11.3 Å². The van der Waals surface area contributed by atoms with Gasteiger partial charge in [-0.2, -0.15) is 10.4 Å². The molecule has 0 saturated heterocycles. The SMILES string of the molecule is C=CC(=O)OCCCCCCOc1ccc(OC(=O)[C@H]2CC[C@H](OC(=O)c3ccc(OC(=O)C4CCCCC4)cc3/C=N/N(CCCCC#N)c3nc4ccccc4s3)CC2)cc1. The summed E-state index contributed by atoms with van der Waals surface area (Å²) in [6.07, 6.45) is 14.4. The maximum atomic E-state index is 13.9. The number of hydrazone groups is 1. The monoisotopic (exact) mass is 876 g/mol. The molecular formula is C49H56N4O9S. The third-order valence-corrected chi connectivity index (χ3v) is 12.2. The lowest BCUT2D eigenvalue weighted by atomic mass is 9.87. The van der Waals surface area contributed by atoms with Crippen LogP contribution in [0.15, 0.2) is 84.5 Å². The van der Waals surface area contributed by atoms with Gasteiger partial charge in [0, 0.05) is 24.6 Å². The zero-order valence-corrected chi connectivity index (χ0v) is 36.6. The maximum Gasteiger partial charge on any atom is 0.339 e. The van der Waals surface area contributed by atoms with Crippen LogP contribution < -0.4 is 19.2 Å². The lowest BCUT2D eigenvalue weighted by Gasteiger charge is -2.27. The van der Waals surface area contributed by atoms with Crippen molar-refractivity contribution < 1.29 is 42.9 Å². The molecule has 0 amide bonds. The summed E-state index contributed by atoms with van der Waals surface area (Å²) in [5.41, 5.74) is 1.54. The molecule has 3 aromatic carbocycles. The second-order valence-electron chi connectivity index (χ2n) is 15.9. The molecule has 4 aromatic rings. The number of nitrogens with zero attached hydrogens (tertiary/aromatic N) is 4. The first-order chi connectivity index (χ1) is 30.8. The number of aromatic nitrogens is 1. The van der Waals surface area contributed by atoms with Gasteiger partial charge in [0.1, 0.15) is 23.4 Å². The topological polar surface area (TPSA) is 167 Å². The van der Waals surface area contributed by atoms with Crippen molar-refractivity contribution in [2.45, 2.75) is 109 Å². The number of nitriles is 1. The lowest BCUT2D eigenvalue weighted by Crippen LogP contribution is -2.30. The average molecular weight is 877 g/mol. The number of carbonyl (C=O) groups excluding carboxylic acids is 4. The Labute approximate surface area is 373 Å². The van der Waals surface area contributed by atoms with Gasteiger partial charge in [0.15, 0.2) is 0 Å². The fraction of sp³-hybridized carbons (Fsp3) is 0.449. The molecule has 0 radical (unpaired) electrons. The Morgan fingerprint density at radius 1 is 0.794 bits per heavy atom. The minimum Gasteiger partial charge on any atom is -0.494 e. The molecule has 2 saturated carbocycles. The molecule has 63 heavy (non-hydrogen) atoms. The molecule has 13 nitrogen and oxygen atoms in total. The molecule has 1 aromatic heterocycles. The van der Waals surface area contributed by atoms with E-state index >= 15 is 0 Å². The van der Waals surface area contributed by atoms with Crippen molar-refractivity contribution in [3.8, 4) is 23.3 Å². The first-order valence-corrected chi connectivity index (χ1v) is 23.0. The maximum absolute atomic E-state index is 13.9. The Bertz CT molecular complexity index is 2190. The summed E-state index contributed by atoms with van der Waals surface area (Å²) in [6, 6.07) is 21.9. The number of esters is 4. The number of hydrogen-bond donors (Lipinski definition) is 0. The Morgan fingerprint density at radius 3 is 2.21 bits per heavy atom. The van der Waals surface area contributed by atoms with E-state index in [4.69, 9.17) is 39.0 Å². The molecule has 14 heteroatoms. The van der Waals surface area contributed by atoms with Gasteiger partial charge < -0.3 is 23.7 Å².